The van der Waals surface area contributed by atoms with Crippen LogP contribution in [0, 0.1) is 0 Å². The van der Waals surface area contributed by atoms with E-state index in [0.717, 1.165) is 22.8 Å². The van der Waals surface area contributed by atoms with Gasteiger partial charge in [-0.2, -0.15) is 16.7 Å². The van der Waals surface area contributed by atoms with Crippen LogP contribution in [0.4, 0.5) is 0 Å². The van der Waals surface area contributed by atoms with Crippen LogP contribution >= 0.6 is 23.5 Å². The van der Waals surface area contributed by atoms with E-state index in [1.165, 1.54) is 11.8 Å². The Morgan fingerprint density at radius 1 is 1.42 bits per heavy atom. The molecule has 64 valence electrons. The van der Waals surface area contributed by atoms with Gasteiger partial charge in [0.25, 0.3) is 0 Å². The molecule has 3 nitrogen and oxygen atoms in total. The summed E-state index contributed by atoms with van der Waals surface area (Å²) in [4.78, 5) is 8.26. The molecule has 0 spiro atoms. The highest BCUT2D eigenvalue weighted by Gasteiger charge is 2.18. The summed E-state index contributed by atoms with van der Waals surface area (Å²) in [5.41, 5.74) is 1.91. The number of aromatic nitrogens is 2. The topological polar surface area (TPSA) is 46.0 Å². The van der Waals surface area contributed by atoms with E-state index >= 15 is 0 Å². The SMILES string of the molecule is CSc1nc(O)c2c(n1)CSC2. The van der Waals surface area contributed by atoms with Gasteiger partial charge in [0.05, 0.1) is 5.69 Å². The maximum atomic E-state index is 9.47. The Kier molecular flexibility index (Phi) is 2.14. The van der Waals surface area contributed by atoms with Crippen molar-refractivity contribution in [2.24, 2.45) is 0 Å². The number of nitrogens with zero attached hydrogens (tertiary/aromatic N) is 2. The van der Waals surface area contributed by atoms with Crippen LogP contribution in [0.15, 0.2) is 5.16 Å². The third-order valence-corrected chi connectivity index (χ3v) is 3.24. The first-order valence-corrected chi connectivity index (χ1v) is 5.89. The van der Waals surface area contributed by atoms with Crippen molar-refractivity contribution in [2.45, 2.75) is 16.7 Å². The van der Waals surface area contributed by atoms with E-state index in [0.29, 0.717) is 5.16 Å². The Hall–Kier alpha value is -0.420. The van der Waals surface area contributed by atoms with E-state index in [1.54, 1.807) is 11.8 Å². The molecule has 0 aliphatic carbocycles. The second-order valence-electron chi connectivity index (χ2n) is 2.45. The van der Waals surface area contributed by atoms with Gasteiger partial charge >= 0.3 is 0 Å². The second kappa shape index (κ2) is 3.14. The van der Waals surface area contributed by atoms with Gasteiger partial charge in [0.1, 0.15) is 0 Å². The van der Waals surface area contributed by atoms with Crippen molar-refractivity contribution in [2.75, 3.05) is 6.26 Å². The van der Waals surface area contributed by atoms with Crippen LogP contribution in [0.1, 0.15) is 11.3 Å². The van der Waals surface area contributed by atoms with Crippen molar-refractivity contribution >= 4 is 23.5 Å². The summed E-state index contributed by atoms with van der Waals surface area (Å²) in [7, 11) is 0. The molecule has 2 heterocycles. The molecule has 0 unspecified atom stereocenters. The molecule has 0 aromatic carbocycles. The van der Waals surface area contributed by atoms with Crippen molar-refractivity contribution in [3.8, 4) is 5.88 Å². The van der Waals surface area contributed by atoms with Crippen LogP contribution in [0.25, 0.3) is 0 Å². The van der Waals surface area contributed by atoms with Crippen LogP contribution in [0.2, 0.25) is 0 Å². The van der Waals surface area contributed by atoms with E-state index in [1.807, 2.05) is 6.26 Å². The van der Waals surface area contributed by atoms with E-state index in [9.17, 15) is 5.11 Å². The molecular weight excluding hydrogens is 192 g/mol. The highest BCUT2D eigenvalue weighted by atomic mass is 32.2. The summed E-state index contributed by atoms with van der Waals surface area (Å²) in [5, 5.41) is 10.1. The van der Waals surface area contributed by atoms with Crippen LogP contribution < -0.4 is 0 Å². The van der Waals surface area contributed by atoms with Crippen LogP contribution in [-0.4, -0.2) is 21.3 Å². The molecule has 5 heteroatoms. The zero-order valence-electron chi connectivity index (χ0n) is 6.57. The van der Waals surface area contributed by atoms with Gasteiger partial charge in [0.2, 0.25) is 5.88 Å². The minimum Gasteiger partial charge on any atom is -0.493 e. The smallest absolute Gasteiger partial charge is 0.219 e. The quantitative estimate of drug-likeness (QED) is 0.551. The lowest BCUT2D eigenvalue weighted by Crippen LogP contribution is -1.94. The Morgan fingerprint density at radius 2 is 2.25 bits per heavy atom. The maximum absolute atomic E-state index is 9.47. The molecule has 1 aromatic rings. The molecule has 0 amide bonds. The van der Waals surface area contributed by atoms with Gasteiger partial charge < -0.3 is 5.11 Å². The van der Waals surface area contributed by atoms with Gasteiger partial charge in [0.15, 0.2) is 5.16 Å². The van der Waals surface area contributed by atoms with Gasteiger partial charge in [-0.25, -0.2) is 4.98 Å². The van der Waals surface area contributed by atoms with Gasteiger partial charge in [-0.05, 0) is 6.26 Å². The summed E-state index contributed by atoms with van der Waals surface area (Å²) in [5.74, 6) is 1.91. The maximum Gasteiger partial charge on any atom is 0.219 e. The van der Waals surface area contributed by atoms with Crippen molar-refractivity contribution in [3.63, 3.8) is 0 Å². The van der Waals surface area contributed by atoms with E-state index < -0.39 is 0 Å². The average molecular weight is 200 g/mol. The fourth-order valence-corrected chi connectivity index (χ4v) is 2.52. The van der Waals surface area contributed by atoms with Crippen LogP contribution in [0.3, 0.4) is 0 Å². The lowest BCUT2D eigenvalue weighted by molar-refractivity contribution is 0.439. The molecule has 1 aliphatic rings. The molecule has 2 rings (SSSR count). The third kappa shape index (κ3) is 1.27. The summed E-state index contributed by atoms with van der Waals surface area (Å²) in [6, 6.07) is 0. The summed E-state index contributed by atoms with van der Waals surface area (Å²) in [6.07, 6.45) is 1.91. The summed E-state index contributed by atoms with van der Waals surface area (Å²) in [6.45, 7) is 0. The third-order valence-electron chi connectivity index (χ3n) is 1.72. The van der Waals surface area contributed by atoms with Gasteiger partial charge in [0, 0.05) is 17.1 Å². The minimum absolute atomic E-state index is 0.161. The monoisotopic (exact) mass is 200 g/mol. The largest absolute Gasteiger partial charge is 0.493 e. The fourth-order valence-electron chi connectivity index (χ4n) is 1.10. The van der Waals surface area contributed by atoms with Gasteiger partial charge in [-0.1, -0.05) is 11.8 Å². The minimum atomic E-state index is 0.161. The lowest BCUT2D eigenvalue weighted by Gasteiger charge is -2.01. The Labute approximate surface area is 79.0 Å². The Morgan fingerprint density at radius 3 is 3.00 bits per heavy atom. The summed E-state index contributed by atoms with van der Waals surface area (Å²) < 4.78 is 0. The van der Waals surface area contributed by atoms with E-state index in [4.69, 9.17) is 0 Å². The average Bonchev–Trinajstić information content (AvgIpc) is 2.52. The second-order valence-corrected chi connectivity index (χ2v) is 4.21. The first-order chi connectivity index (χ1) is 5.81. The normalized spacial score (nSPS) is 14.8. The molecule has 0 bridgehead atoms. The van der Waals surface area contributed by atoms with Crippen LogP contribution in [0.5, 0.6) is 5.88 Å². The number of hydrogen-bond acceptors (Lipinski definition) is 5. The molecular formula is C7H8N2OS2. The molecule has 0 saturated carbocycles. The lowest BCUT2D eigenvalue weighted by atomic mass is 10.3. The number of fused-ring (bicyclic) bond motifs is 1. The number of thioether (sulfide) groups is 2. The Balaban J connectivity index is 2.51. The number of aromatic hydroxyl groups is 1. The predicted octanol–water partition coefficient (Wildman–Crippen LogP) is 1.65. The fraction of sp³-hybridized carbons (Fsp3) is 0.429. The molecule has 0 atom stereocenters. The highest BCUT2D eigenvalue weighted by molar-refractivity contribution is 7.98. The van der Waals surface area contributed by atoms with Crippen molar-refractivity contribution in [1.82, 2.24) is 9.97 Å². The molecule has 1 aliphatic heterocycles. The van der Waals surface area contributed by atoms with Crippen molar-refractivity contribution in [1.29, 1.82) is 0 Å². The van der Waals surface area contributed by atoms with E-state index in [2.05, 4.69) is 9.97 Å². The highest BCUT2D eigenvalue weighted by Crippen LogP contribution is 2.34. The van der Waals surface area contributed by atoms with Gasteiger partial charge in [-0.3, -0.25) is 0 Å². The zero-order chi connectivity index (χ0) is 8.55. The number of hydrogen-bond donors (Lipinski definition) is 1. The first kappa shape index (κ1) is 8.19. The zero-order valence-corrected chi connectivity index (χ0v) is 8.21. The molecule has 1 N–H and O–H groups in total. The summed E-state index contributed by atoms with van der Waals surface area (Å²) >= 11 is 3.22. The van der Waals surface area contributed by atoms with Crippen molar-refractivity contribution < 1.29 is 5.11 Å². The van der Waals surface area contributed by atoms with Crippen LogP contribution in [-0.2, 0) is 11.5 Å². The predicted molar refractivity (Wildman–Crippen MR) is 50.5 cm³/mol. The Bertz CT molecular complexity index is 317. The molecule has 12 heavy (non-hydrogen) atoms. The molecule has 0 fully saturated rings. The molecule has 1 aromatic heterocycles. The molecule has 0 saturated heterocycles. The standard InChI is InChI=1S/C7H8N2OS2/c1-11-7-8-5-3-12-2-4(5)6(10)9-7/h2-3H2,1H3,(H,8,9,10). The number of rotatable bonds is 1. The molecule has 0 radical (unpaired) electrons. The van der Waals surface area contributed by atoms with E-state index in [-0.39, 0.29) is 5.88 Å². The van der Waals surface area contributed by atoms with Crippen molar-refractivity contribution in [3.05, 3.63) is 11.3 Å². The first-order valence-electron chi connectivity index (χ1n) is 3.51. The van der Waals surface area contributed by atoms with Gasteiger partial charge in [-0.15, -0.1) is 0 Å².